The van der Waals surface area contributed by atoms with Crippen molar-refractivity contribution < 1.29 is 22.8 Å². The molecule has 0 saturated heterocycles. The number of amides is 1. The van der Waals surface area contributed by atoms with Crippen molar-refractivity contribution >= 4 is 33.0 Å². The first kappa shape index (κ1) is 19.7. The molecule has 0 unspecified atom stereocenters. The van der Waals surface area contributed by atoms with Crippen molar-refractivity contribution in [3.8, 4) is 0 Å². The molecule has 7 heteroatoms. The zero-order valence-corrected chi connectivity index (χ0v) is 16.8. The van der Waals surface area contributed by atoms with Crippen LogP contribution < -0.4 is 5.32 Å². The molecule has 1 amide bonds. The minimum Gasteiger partial charge on any atom is -0.326 e. The lowest BCUT2D eigenvalue weighted by Gasteiger charge is -2.18. The van der Waals surface area contributed by atoms with Gasteiger partial charge in [0.05, 0.1) is 11.3 Å². The lowest BCUT2D eigenvalue weighted by atomic mass is 9.84. The van der Waals surface area contributed by atoms with Gasteiger partial charge in [-0.25, -0.2) is 8.42 Å². The summed E-state index contributed by atoms with van der Waals surface area (Å²) in [6, 6.07) is 17.4. The maximum Gasteiger partial charge on any atom is 0.228 e. The van der Waals surface area contributed by atoms with Gasteiger partial charge in [0.1, 0.15) is 0 Å². The van der Waals surface area contributed by atoms with Crippen LogP contribution >= 0.6 is 0 Å². The number of nitrogens with one attached hydrogen (secondary N) is 1. The summed E-state index contributed by atoms with van der Waals surface area (Å²) in [5.74, 6) is -0.797. The lowest BCUT2D eigenvalue weighted by molar-refractivity contribution is -0.115. The molecule has 0 atom stereocenters. The molecule has 0 radical (unpaired) electrons. The zero-order valence-electron chi connectivity index (χ0n) is 16.0. The highest BCUT2D eigenvalue weighted by atomic mass is 32.2. The van der Waals surface area contributed by atoms with Gasteiger partial charge < -0.3 is 5.32 Å². The van der Waals surface area contributed by atoms with Crippen molar-refractivity contribution in [2.24, 2.45) is 0 Å². The van der Waals surface area contributed by atoms with E-state index in [0.29, 0.717) is 27.9 Å². The Hall–Kier alpha value is -3.58. The summed E-state index contributed by atoms with van der Waals surface area (Å²) in [4.78, 5) is 38.0. The van der Waals surface area contributed by atoms with E-state index in [4.69, 9.17) is 0 Å². The molecule has 1 aliphatic rings. The molecule has 0 saturated carbocycles. The molecule has 0 spiro atoms. The molecule has 0 bridgehead atoms. The van der Waals surface area contributed by atoms with Crippen molar-refractivity contribution in [3.05, 3.63) is 94.5 Å². The number of anilines is 1. The maximum atomic E-state index is 12.8. The number of carbonyl (C=O) groups is 3. The van der Waals surface area contributed by atoms with Crippen molar-refractivity contribution in [2.75, 3.05) is 11.6 Å². The van der Waals surface area contributed by atoms with E-state index in [-0.39, 0.29) is 34.4 Å². The third-order valence-corrected chi connectivity index (χ3v) is 6.05. The van der Waals surface area contributed by atoms with Gasteiger partial charge in [0.2, 0.25) is 5.91 Å². The molecule has 3 aromatic carbocycles. The minimum atomic E-state index is -3.30. The maximum absolute atomic E-state index is 12.8. The fourth-order valence-electron chi connectivity index (χ4n) is 3.42. The summed E-state index contributed by atoms with van der Waals surface area (Å²) in [6.07, 6.45) is 1.16. The number of rotatable bonds is 4. The Morgan fingerprint density at radius 1 is 0.800 bits per heavy atom. The van der Waals surface area contributed by atoms with Crippen LogP contribution in [0.1, 0.15) is 37.4 Å². The normalized spacial score (nSPS) is 12.8. The molecule has 0 aliphatic heterocycles. The summed E-state index contributed by atoms with van der Waals surface area (Å²) < 4.78 is 23.0. The molecule has 30 heavy (non-hydrogen) atoms. The predicted molar refractivity (Wildman–Crippen MR) is 112 cm³/mol. The van der Waals surface area contributed by atoms with E-state index in [1.54, 1.807) is 48.5 Å². The van der Waals surface area contributed by atoms with E-state index in [0.717, 1.165) is 6.26 Å². The Kier molecular flexibility index (Phi) is 4.83. The first-order chi connectivity index (χ1) is 14.2. The van der Waals surface area contributed by atoms with Gasteiger partial charge in [-0.05, 0) is 35.9 Å². The third-order valence-electron chi connectivity index (χ3n) is 4.93. The number of hydrogen-bond acceptors (Lipinski definition) is 5. The van der Waals surface area contributed by atoms with Gasteiger partial charge in [-0.2, -0.15) is 0 Å². The predicted octanol–water partition coefficient (Wildman–Crippen LogP) is 3.05. The van der Waals surface area contributed by atoms with Crippen molar-refractivity contribution in [3.63, 3.8) is 0 Å². The first-order valence-electron chi connectivity index (χ1n) is 9.15. The van der Waals surface area contributed by atoms with Gasteiger partial charge in [-0.1, -0.05) is 36.4 Å². The van der Waals surface area contributed by atoms with Gasteiger partial charge in [-0.15, -0.1) is 0 Å². The quantitative estimate of drug-likeness (QED) is 0.548. The number of carbonyl (C=O) groups excluding carboxylic acids is 3. The molecular weight excluding hydrogens is 402 g/mol. The largest absolute Gasteiger partial charge is 0.326 e. The number of sulfone groups is 1. The third kappa shape index (κ3) is 3.67. The summed E-state index contributed by atoms with van der Waals surface area (Å²) in [5.41, 5.74) is 2.36. The number of fused-ring (bicyclic) bond motifs is 2. The summed E-state index contributed by atoms with van der Waals surface area (Å²) >= 11 is 0. The molecule has 3 aromatic rings. The van der Waals surface area contributed by atoms with Gasteiger partial charge >= 0.3 is 0 Å². The van der Waals surface area contributed by atoms with E-state index in [1.807, 2.05) is 0 Å². The second-order valence-electron chi connectivity index (χ2n) is 7.11. The molecule has 1 N–H and O–H groups in total. The zero-order chi connectivity index (χ0) is 21.5. The Labute approximate surface area is 173 Å². The average Bonchev–Trinajstić information content (AvgIpc) is 2.71. The monoisotopic (exact) mass is 419 g/mol. The van der Waals surface area contributed by atoms with Crippen LogP contribution in [0.25, 0.3) is 0 Å². The molecule has 1 aliphatic carbocycles. The summed E-state index contributed by atoms with van der Waals surface area (Å²) in [5, 5.41) is 2.72. The van der Waals surface area contributed by atoms with Crippen LogP contribution in [-0.2, 0) is 21.1 Å². The molecule has 0 fully saturated rings. The van der Waals surface area contributed by atoms with Crippen molar-refractivity contribution in [2.45, 2.75) is 11.3 Å². The molecule has 150 valence electrons. The fraction of sp³-hybridized carbons (Fsp3) is 0.0870. The van der Waals surface area contributed by atoms with E-state index < -0.39 is 9.84 Å². The van der Waals surface area contributed by atoms with E-state index in [1.165, 1.54) is 18.2 Å². The summed E-state index contributed by atoms with van der Waals surface area (Å²) in [6.45, 7) is 0. The Bertz CT molecular complexity index is 1310. The molecule has 0 heterocycles. The van der Waals surface area contributed by atoms with Crippen LogP contribution in [0.3, 0.4) is 0 Å². The van der Waals surface area contributed by atoms with Crippen LogP contribution in [0.4, 0.5) is 5.69 Å². The molecule has 0 aromatic heterocycles. The van der Waals surface area contributed by atoms with E-state index in [2.05, 4.69) is 5.32 Å². The lowest BCUT2D eigenvalue weighted by Crippen LogP contribution is -2.21. The van der Waals surface area contributed by atoms with Crippen LogP contribution in [0, 0.1) is 0 Å². The Morgan fingerprint density at radius 3 is 1.97 bits per heavy atom. The second kappa shape index (κ2) is 7.35. The highest BCUT2D eigenvalue weighted by Gasteiger charge is 2.29. The van der Waals surface area contributed by atoms with Gasteiger partial charge in [0, 0.05) is 34.2 Å². The second-order valence-corrected chi connectivity index (χ2v) is 9.12. The van der Waals surface area contributed by atoms with Crippen molar-refractivity contribution in [1.82, 2.24) is 0 Å². The van der Waals surface area contributed by atoms with Gasteiger partial charge in [0.15, 0.2) is 21.4 Å². The first-order valence-corrected chi connectivity index (χ1v) is 11.0. The highest BCUT2D eigenvalue weighted by Crippen LogP contribution is 2.29. The van der Waals surface area contributed by atoms with Gasteiger partial charge in [0.25, 0.3) is 0 Å². The standard InChI is InChI=1S/C23H17NO5S/c1-30(28,29)16-9-6-14(7-10-16)12-21(25)24-15-8-11-19-20(13-15)23(27)18-5-3-2-4-17(18)22(19)26/h2-11,13H,12H2,1H3,(H,24,25). The minimum absolute atomic E-state index is 0.0385. The number of ketones is 2. The van der Waals surface area contributed by atoms with Crippen LogP contribution in [0.2, 0.25) is 0 Å². The topological polar surface area (TPSA) is 97.4 Å². The van der Waals surface area contributed by atoms with Crippen molar-refractivity contribution in [1.29, 1.82) is 0 Å². The van der Waals surface area contributed by atoms with E-state index >= 15 is 0 Å². The Balaban J connectivity index is 1.53. The molecular formula is C23H17NO5S. The molecule has 6 nitrogen and oxygen atoms in total. The van der Waals surface area contributed by atoms with Crippen LogP contribution in [0.15, 0.2) is 71.6 Å². The highest BCUT2D eigenvalue weighted by molar-refractivity contribution is 7.90. The Morgan fingerprint density at radius 2 is 1.37 bits per heavy atom. The van der Waals surface area contributed by atoms with Crippen LogP contribution in [0.5, 0.6) is 0 Å². The van der Waals surface area contributed by atoms with Crippen LogP contribution in [-0.4, -0.2) is 32.1 Å². The fourth-order valence-corrected chi connectivity index (χ4v) is 4.05. The number of hydrogen-bond donors (Lipinski definition) is 1. The average molecular weight is 419 g/mol. The van der Waals surface area contributed by atoms with Gasteiger partial charge in [-0.3, -0.25) is 14.4 Å². The summed E-state index contributed by atoms with van der Waals surface area (Å²) in [7, 11) is -3.30. The smallest absolute Gasteiger partial charge is 0.228 e. The SMILES string of the molecule is CS(=O)(=O)c1ccc(CC(=O)Nc2ccc3c(c2)C(=O)c2ccccc2C3=O)cc1. The number of benzene rings is 3. The molecule has 4 rings (SSSR count). The van der Waals surface area contributed by atoms with E-state index in [9.17, 15) is 22.8 Å².